The molecule has 0 unspecified atom stereocenters. The Morgan fingerprint density at radius 2 is 1.37 bits per heavy atom. The average Bonchev–Trinajstić information content (AvgIpc) is 3.02. The maximum absolute atomic E-state index is 14.8. The molecule has 0 aromatic heterocycles. The number of nitrogens with one attached hydrogen (secondary N) is 1. The second kappa shape index (κ2) is 15.0. The van der Waals surface area contributed by atoms with Gasteiger partial charge in [-0.2, -0.15) is 0 Å². The molecule has 43 heavy (non-hydrogen) atoms. The Morgan fingerprint density at radius 3 is 1.93 bits per heavy atom. The molecule has 220 valence electrons. The first-order chi connectivity index (χ1) is 20.9. The van der Waals surface area contributed by atoms with E-state index in [1.807, 2.05) is 115 Å². The van der Waals surface area contributed by atoms with Crippen LogP contribution >= 0.6 is 0 Å². The number of nitro groups is 1. The predicted molar refractivity (Wildman–Crippen MR) is 166 cm³/mol. The van der Waals surface area contributed by atoms with Crippen molar-refractivity contribution in [3.8, 4) is 11.1 Å². The standard InChI is InChI=1S/C33H34N6O4/c34-22-12-21-29(31(40)36-33(35)37-39(42)43)38(23-27-19-10-11-20-28(27)24-13-4-1-5-14-24)32(41)30(25-15-6-2-7-16-25)26-17-8-3-9-18-26/h1-11,13-20,29-30H,12,21-23,34H2,(H3,35,36,37,40)/t29-/m0/s1. The van der Waals surface area contributed by atoms with Gasteiger partial charge in [0.25, 0.3) is 5.96 Å². The number of guanidine groups is 1. The lowest BCUT2D eigenvalue weighted by Crippen LogP contribution is -2.53. The van der Waals surface area contributed by atoms with Gasteiger partial charge < -0.3 is 16.4 Å². The number of carbonyl (C=O) groups is 2. The molecular weight excluding hydrogens is 544 g/mol. The summed E-state index contributed by atoms with van der Waals surface area (Å²) in [6.07, 6.45) is 0.611. The lowest BCUT2D eigenvalue weighted by molar-refractivity contribution is -0.485. The molecule has 0 spiro atoms. The van der Waals surface area contributed by atoms with Gasteiger partial charge in [0, 0.05) is 6.54 Å². The highest BCUT2D eigenvalue weighted by Gasteiger charge is 2.36. The van der Waals surface area contributed by atoms with Crippen LogP contribution in [0.15, 0.2) is 120 Å². The number of benzene rings is 4. The third-order valence-electron chi connectivity index (χ3n) is 7.04. The lowest BCUT2D eigenvalue weighted by Gasteiger charge is -2.34. The summed E-state index contributed by atoms with van der Waals surface area (Å²) in [4.78, 5) is 40.9. The van der Waals surface area contributed by atoms with Gasteiger partial charge in [-0.25, -0.2) is 10.1 Å². The number of hydrazone groups is 1. The summed E-state index contributed by atoms with van der Waals surface area (Å²) in [6, 6.07) is 35.1. The molecule has 4 aromatic carbocycles. The summed E-state index contributed by atoms with van der Waals surface area (Å²) in [5, 5.41) is 15.2. The van der Waals surface area contributed by atoms with Gasteiger partial charge in [0.15, 0.2) is 5.03 Å². The van der Waals surface area contributed by atoms with E-state index in [-0.39, 0.29) is 25.4 Å². The third-order valence-corrected chi connectivity index (χ3v) is 7.04. The molecule has 10 nitrogen and oxygen atoms in total. The zero-order valence-corrected chi connectivity index (χ0v) is 23.6. The molecule has 0 aliphatic heterocycles. The van der Waals surface area contributed by atoms with Crippen LogP contribution < -0.4 is 16.8 Å². The van der Waals surface area contributed by atoms with Gasteiger partial charge in [0.2, 0.25) is 11.8 Å². The second-order valence-corrected chi connectivity index (χ2v) is 9.90. The Hall–Kier alpha value is -5.35. The largest absolute Gasteiger partial charge is 0.364 e. The molecule has 0 fully saturated rings. The van der Waals surface area contributed by atoms with Crippen molar-refractivity contribution in [3.63, 3.8) is 0 Å². The van der Waals surface area contributed by atoms with Crippen LogP contribution in [0.25, 0.3) is 11.1 Å². The summed E-state index contributed by atoms with van der Waals surface area (Å²) < 4.78 is 0. The van der Waals surface area contributed by atoms with Gasteiger partial charge in [0.1, 0.15) is 11.1 Å². The molecule has 5 N–H and O–H groups in total. The highest BCUT2D eigenvalue weighted by Crippen LogP contribution is 2.31. The Labute approximate surface area is 250 Å². The van der Waals surface area contributed by atoms with Crippen LogP contribution in [0.1, 0.15) is 35.4 Å². The van der Waals surface area contributed by atoms with E-state index < -0.39 is 28.9 Å². The number of amides is 2. The lowest BCUT2D eigenvalue weighted by atomic mass is 9.88. The molecule has 0 bridgehead atoms. The fourth-order valence-electron chi connectivity index (χ4n) is 5.08. The third kappa shape index (κ3) is 8.11. The quantitative estimate of drug-likeness (QED) is 0.0987. The van der Waals surface area contributed by atoms with E-state index in [2.05, 4.69) is 10.4 Å². The van der Waals surface area contributed by atoms with Gasteiger partial charge in [-0.1, -0.05) is 115 Å². The van der Waals surface area contributed by atoms with Crippen molar-refractivity contribution >= 4 is 17.8 Å². The first kappa shape index (κ1) is 30.6. The first-order valence-electron chi connectivity index (χ1n) is 13.9. The summed E-state index contributed by atoms with van der Waals surface area (Å²) in [7, 11) is 0. The fraction of sp³-hybridized carbons (Fsp3) is 0.182. The van der Waals surface area contributed by atoms with E-state index in [0.717, 1.165) is 27.8 Å². The van der Waals surface area contributed by atoms with Crippen LogP contribution in [0.4, 0.5) is 0 Å². The van der Waals surface area contributed by atoms with Gasteiger partial charge in [-0.05, 0) is 47.2 Å². The van der Waals surface area contributed by atoms with E-state index in [1.54, 1.807) is 0 Å². The molecular formula is C33H34N6O4. The molecule has 4 aromatic rings. The Bertz CT molecular complexity index is 1510. The number of nitrogens with two attached hydrogens (primary N) is 2. The molecule has 0 radical (unpaired) electrons. The highest BCUT2D eigenvalue weighted by molar-refractivity contribution is 6.00. The maximum atomic E-state index is 14.8. The SMILES string of the molecule is NCCC[C@@H](C(=O)NC(N)=N[N+](=O)[O-])N(Cc1ccccc1-c1ccccc1)C(=O)C(c1ccccc1)c1ccccc1. The number of rotatable bonds is 12. The van der Waals surface area contributed by atoms with Crippen LogP contribution in [-0.2, 0) is 16.1 Å². The molecule has 0 saturated carbocycles. The number of hydrogen-bond acceptors (Lipinski definition) is 5. The maximum Gasteiger partial charge on any atom is 0.272 e. The minimum Gasteiger partial charge on any atom is -0.364 e. The van der Waals surface area contributed by atoms with E-state index in [4.69, 9.17) is 11.5 Å². The monoisotopic (exact) mass is 578 g/mol. The average molecular weight is 579 g/mol. The van der Waals surface area contributed by atoms with Crippen LogP contribution in [0, 0.1) is 10.1 Å². The van der Waals surface area contributed by atoms with Crippen LogP contribution in [-0.4, -0.2) is 40.3 Å². The molecule has 10 heteroatoms. The minimum absolute atomic E-state index is 0.0784. The van der Waals surface area contributed by atoms with Gasteiger partial charge in [-0.3, -0.25) is 14.9 Å². The van der Waals surface area contributed by atoms with Crippen molar-refractivity contribution in [2.75, 3.05) is 6.54 Å². The van der Waals surface area contributed by atoms with E-state index in [1.165, 1.54) is 4.90 Å². The Kier molecular flexibility index (Phi) is 10.7. The minimum atomic E-state index is -1.06. The molecule has 0 aliphatic rings. The van der Waals surface area contributed by atoms with Gasteiger partial charge in [0.05, 0.1) is 5.92 Å². The van der Waals surface area contributed by atoms with Crippen LogP contribution in [0.5, 0.6) is 0 Å². The topological polar surface area (TPSA) is 157 Å². The zero-order valence-electron chi connectivity index (χ0n) is 23.6. The van der Waals surface area contributed by atoms with Crippen LogP contribution in [0.2, 0.25) is 0 Å². The first-order valence-corrected chi connectivity index (χ1v) is 13.9. The second-order valence-electron chi connectivity index (χ2n) is 9.90. The van der Waals surface area contributed by atoms with E-state index in [0.29, 0.717) is 6.42 Å². The Balaban J connectivity index is 1.85. The summed E-state index contributed by atoms with van der Waals surface area (Å²) in [5.41, 5.74) is 15.7. The normalized spacial score (nSPS) is 12.0. The summed E-state index contributed by atoms with van der Waals surface area (Å²) in [6.45, 7) is 0.348. The van der Waals surface area contributed by atoms with E-state index in [9.17, 15) is 19.7 Å². The molecule has 4 rings (SSSR count). The predicted octanol–water partition coefficient (Wildman–Crippen LogP) is 4.24. The zero-order chi connectivity index (χ0) is 30.6. The number of hydrogen-bond donors (Lipinski definition) is 3. The van der Waals surface area contributed by atoms with Crippen molar-refractivity contribution < 1.29 is 14.6 Å². The van der Waals surface area contributed by atoms with E-state index >= 15 is 0 Å². The van der Waals surface area contributed by atoms with Gasteiger partial charge in [-0.15, -0.1) is 0 Å². The fourth-order valence-corrected chi connectivity index (χ4v) is 5.08. The molecule has 0 heterocycles. The highest BCUT2D eigenvalue weighted by atomic mass is 16.7. The molecule has 0 aliphatic carbocycles. The molecule has 0 saturated heterocycles. The number of carbonyl (C=O) groups excluding carboxylic acids is 2. The van der Waals surface area contributed by atoms with Crippen molar-refractivity contribution in [1.29, 1.82) is 0 Å². The van der Waals surface area contributed by atoms with Crippen molar-refractivity contribution in [1.82, 2.24) is 10.2 Å². The van der Waals surface area contributed by atoms with Crippen molar-refractivity contribution in [3.05, 3.63) is 142 Å². The smallest absolute Gasteiger partial charge is 0.272 e. The summed E-state index contributed by atoms with van der Waals surface area (Å²) >= 11 is 0. The molecule has 2 amide bonds. The number of nitrogens with zero attached hydrogens (tertiary/aromatic N) is 3. The van der Waals surface area contributed by atoms with Crippen LogP contribution in [0.3, 0.4) is 0 Å². The van der Waals surface area contributed by atoms with Gasteiger partial charge >= 0.3 is 0 Å². The van der Waals surface area contributed by atoms with Crippen molar-refractivity contribution in [2.45, 2.75) is 31.3 Å². The van der Waals surface area contributed by atoms with Crippen molar-refractivity contribution in [2.24, 2.45) is 16.6 Å². The summed E-state index contributed by atoms with van der Waals surface area (Å²) in [5.74, 6) is -2.42. The molecule has 1 atom stereocenters. The Morgan fingerprint density at radius 1 is 0.837 bits per heavy atom.